The molecule has 0 aromatic heterocycles. The fraction of sp³-hybridized carbons (Fsp3) is 0.617. The van der Waals surface area contributed by atoms with Crippen LogP contribution in [0.25, 0.3) is 0 Å². The summed E-state index contributed by atoms with van der Waals surface area (Å²) in [5, 5.41) is 0. The third-order valence-electron chi connectivity index (χ3n) is 8.12. The predicted octanol–water partition coefficient (Wildman–Crippen LogP) is 13.5. The molecule has 0 aliphatic heterocycles. The molecule has 0 aliphatic carbocycles. The maximum Gasteiger partial charge on any atom is 0.306 e. The van der Waals surface area contributed by atoms with Gasteiger partial charge in [-0.05, 0) is 89.9 Å². The van der Waals surface area contributed by atoms with Gasteiger partial charge < -0.3 is 14.2 Å². The van der Waals surface area contributed by atoms with Crippen LogP contribution in [0.4, 0.5) is 0 Å². The topological polar surface area (TPSA) is 61.8 Å². The quantitative estimate of drug-likeness (QED) is 0.0366. The lowest BCUT2D eigenvalue weighted by Crippen LogP contribution is -2.30. The smallest absolute Gasteiger partial charge is 0.306 e. The Morgan fingerprint density at radius 3 is 1.42 bits per heavy atom. The lowest BCUT2D eigenvalue weighted by molar-refractivity contribution is -0.163. The molecule has 0 radical (unpaired) electrons. The van der Waals surface area contributed by atoms with Crippen LogP contribution in [0.5, 0.6) is 0 Å². The third-order valence-corrected chi connectivity index (χ3v) is 8.12. The van der Waals surface area contributed by atoms with Gasteiger partial charge >= 0.3 is 11.9 Å². The van der Waals surface area contributed by atoms with Crippen molar-refractivity contribution < 1.29 is 23.8 Å². The van der Waals surface area contributed by atoms with Gasteiger partial charge in [0, 0.05) is 19.4 Å². The van der Waals surface area contributed by atoms with E-state index in [1.165, 1.54) is 25.7 Å². The predicted molar refractivity (Wildman–Crippen MR) is 223 cm³/mol. The lowest BCUT2D eigenvalue weighted by Gasteiger charge is -2.18. The molecular formula is C47H76O5. The van der Waals surface area contributed by atoms with E-state index in [0.717, 1.165) is 103 Å². The van der Waals surface area contributed by atoms with Gasteiger partial charge in [0.15, 0.2) is 6.10 Å². The molecule has 0 heterocycles. The van der Waals surface area contributed by atoms with Gasteiger partial charge in [0.2, 0.25) is 0 Å². The molecular weight excluding hydrogens is 645 g/mol. The summed E-state index contributed by atoms with van der Waals surface area (Å²) in [4.78, 5) is 25.1. The first-order chi connectivity index (χ1) is 25.6. The molecule has 5 heteroatoms. The molecule has 0 saturated carbocycles. The lowest BCUT2D eigenvalue weighted by atomic mass is 10.1. The Hall–Kier alpha value is -3.18. The highest BCUT2D eigenvalue weighted by Gasteiger charge is 2.17. The number of carbonyl (C=O) groups excluding carboxylic acids is 2. The van der Waals surface area contributed by atoms with E-state index >= 15 is 0 Å². The first kappa shape index (κ1) is 48.8. The summed E-state index contributed by atoms with van der Waals surface area (Å²) in [5.41, 5.74) is 0. The Bertz CT molecular complexity index is 1040. The van der Waals surface area contributed by atoms with E-state index in [1.54, 1.807) is 0 Å². The van der Waals surface area contributed by atoms with Gasteiger partial charge in [0.25, 0.3) is 0 Å². The zero-order valence-electron chi connectivity index (χ0n) is 33.5. The third kappa shape index (κ3) is 39.6. The average Bonchev–Trinajstić information content (AvgIpc) is 3.14. The van der Waals surface area contributed by atoms with Crippen LogP contribution in [0.2, 0.25) is 0 Å². The Kier molecular flexibility index (Phi) is 39.7. The van der Waals surface area contributed by atoms with E-state index in [2.05, 4.69) is 118 Å². The van der Waals surface area contributed by atoms with Crippen LogP contribution in [-0.2, 0) is 23.8 Å². The number of hydrogen-bond donors (Lipinski definition) is 0. The van der Waals surface area contributed by atoms with Crippen LogP contribution in [-0.4, -0.2) is 37.9 Å². The maximum absolute atomic E-state index is 12.6. The minimum absolute atomic E-state index is 0.0386. The highest BCUT2D eigenvalue weighted by molar-refractivity contribution is 5.70. The zero-order valence-corrected chi connectivity index (χ0v) is 33.5. The molecule has 1 unspecified atom stereocenters. The monoisotopic (exact) mass is 721 g/mol. The molecule has 0 bridgehead atoms. The molecule has 1 atom stereocenters. The molecule has 0 aromatic rings. The van der Waals surface area contributed by atoms with Crippen LogP contribution in [0.1, 0.15) is 162 Å². The summed E-state index contributed by atoms with van der Waals surface area (Å²) in [5.74, 6) is -0.512. The van der Waals surface area contributed by atoms with E-state index in [1.807, 2.05) is 0 Å². The number of esters is 2. The van der Waals surface area contributed by atoms with E-state index in [4.69, 9.17) is 14.2 Å². The van der Waals surface area contributed by atoms with E-state index in [-0.39, 0.29) is 25.2 Å². The largest absolute Gasteiger partial charge is 0.462 e. The molecule has 0 N–H and O–H groups in total. The molecule has 0 saturated heterocycles. The number of ether oxygens (including phenoxy) is 3. The Morgan fingerprint density at radius 2 is 0.885 bits per heavy atom. The van der Waals surface area contributed by atoms with Crippen molar-refractivity contribution in [2.75, 3.05) is 19.8 Å². The number of allylic oxidation sites excluding steroid dienone is 16. The van der Waals surface area contributed by atoms with Gasteiger partial charge in [-0.1, -0.05) is 157 Å². The molecule has 294 valence electrons. The summed E-state index contributed by atoms with van der Waals surface area (Å²) < 4.78 is 17.1. The average molecular weight is 721 g/mol. The van der Waals surface area contributed by atoms with Gasteiger partial charge in [-0.25, -0.2) is 0 Å². The van der Waals surface area contributed by atoms with Gasteiger partial charge in [0.05, 0.1) is 6.61 Å². The van der Waals surface area contributed by atoms with Gasteiger partial charge in [-0.15, -0.1) is 0 Å². The number of unbranched alkanes of at least 4 members (excludes halogenated alkanes) is 9. The van der Waals surface area contributed by atoms with Crippen LogP contribution in [0, 0.1) is 0 Å². The number of carbonyl (C=O) groups is 2. The minimum atomic E-state index is -0.573. The molecule has 0 aliphatic rings. The highest BCUT2D eigenvalue weighted by atomic mass is 16.6. The van der Waals surface area contributed by atoms with Crippen molar-refractivity contribution in [3.8, 4) is 0 Å². The van der Waals surface area contributed by atoms with Crippen LogP contribution < -0.4 is 0 Å². The summed E-state index contributed by atoms with van der Waals surface area (Å²) in [6.45, 7) is 7.43. The Morgan fingerprint density at radius 1 is 0.442 bits per heavy atom. The Labute approximate surface area is 320 Å². The van der Waals surface area contributed by atoms with Gasteiger partial charge in [-0.3, -0.25) is 9.59 Å². The van der Waals surface area contributed by atoms with Crippen molar-refractivity contribution in [3.05, 3.63) is 97.2 Å². The van der Waals surface area contributed by atoms with Crippen molar-refractivity contribution in [2.45, 2.75) is 168 Å². The van der Waals surface area contributed by atoms with Crippen molar-refractivity contribution in [1.29, 1.82) is 0 Å². The van der Waals surface area contributed by atoms with Gasteiger partial charge in [0.1, 0.15) is 6.61 Å². The fourth-order valence-electron chi connectivity index (χ4n) is 5.09. The zero-order chi connectivity index (χ0) is 37.8. The summed E-state index contributed by atoms with van der Waals surface area (Å²) >= 11 is 0. The van der Waals surface area contributed by atoms with Gasteiger partial charge in [-0.2, -0.15) is 0 Å². The molecule has 0 aromatic carbocycles. The van der Waals surface area contributed by atoms with Crippen LogP contribution in [0.3, 0.4) is 0 Å². The second-order valence-corrected chi connectivity index (χ2v) is 13.1. The van der Waals surface area contributed by atoms with Crippen LogP contribution >= 0.6 is 0 Å². The number of rotatable bonds is 36. The molecule has 5 nitrogen and oxygen atoms in total. The SMILES string of the molecule is CC/C=C\C/C=C\C/C=C\C/C=C\C/C=C\CCCC(=O)OCC(COCCCCCCCC)OC(=O)CCCCC/C=C\C/C=C\C/C=C\CC. The fourth-order valence-corrected chi connectivity index (χ4v) is 5.09. The molecule has 0 rings (SSSR count). The minimum Gasteiger partial charge on any atom is -0.462 e. The second-order valence-electron chi connectivity index (χ2n) is 13.1. The first-order valence-corrected chi connectivity index (χ1v) is 20.8. The maximum atomic E-state index is 12.6. The second kappa shape index (κ2) is 42.2. The van der Waals surface area contributed by atoms with E-state index in [9.17, 15) is 9.59 Å². The normalized spacial score (nSPS) is 13.2. The molecule has 0 fully saturated rings. The molecule has 0 spiro atoms. The van der Waals surface area contributed by atoms with Crippen molar-refractivity contribution in [2.24, 2.45) is 0 Å². The van der Waals surface area contributed by atoms with Crippen molar-refractivity contribution in [1.82, 2.24) is 0 Å². The molecule has 52 heavy (non-hydrogen) atoms. The van der Waals surface area contributed by atoms with Crippen molar-refractivity contribution in [3.63, 3.8) is 0 Å². The highest BCUT2D eigenvalue weighted by Crippen LogP contribution is 2.10. The molecule has 0 amide bonds. The van der Waals surface area contributed by atoms with E-state index < -0.39 is 6.10 Å². The standard InChI is InChI=1S/C47H76O5/c1-4-7-10-13-16-18-20-22-23-24-25-27-28-30-32-34-37-40-46(48)51-44-45(43-50-42-39-36-15-12-9-6-3)52-47(49)41-38-35-33-31-29-26-21-19-17-14-11-8-5-2/h7-8,10-11,16-19,22-23,25-27,29-30,32,45H,4-6,9,12-15,20-21,24,28,31,33-44H2,1-3H3/b10-7-,11-8-,18-16-,19-17-,23-22-,27-25-,29-26-,32-30-. The first-order valence-electron chi connectivity index (χ1n) is 20.8. The van der Waals surface area contributed by atoms with Crippen LogP contribution in [0.15, 0.2) is 97.2 Å². The Balaban J connectivity index is 4.32. The summed E-state index contributed by atoms with van der Waals surface area (Å²) in [6, 6.07) is 0. The summed E-state index contributed by atoms with van der Waals surface area (Å²) in [6.07, 6.45) is 55.6. The van der Waals surface area contributed by atoms with E-state index in [0.29, 0.717) is 19.4 Å². The van der Waals surface area contributed by atoms with Crippen molar-refractivity contribution >= 4 is 11.9 Å². The summed E-state index contributed by atoms with van der Waals surface area (Å²) in [7, 11) is 0. The number of hydrogen-bond acceptors (Lipinski definition) is 5.